The Labute approximate surface area is 129 Å². The molecule has 0 heterocycles. The van der Waals surface area contributed by atoms with E-state index in [1.54, 1.807) is 24.3 Å². The lowest BCUT2D eigenvalue weighted by Crippen LogP contribution is -1.92. The van der Waals surface area contributed by atoms with Crippen molar-refractivity contribution in [3.63, 3.8) is 0 Å². The van der Waals surface area contributed by atoms with E-state index in [9.17, 15) is 8.78 Å². The summed E-state index contributed by atoms with van der Waals surface area (Å²) in [5, 5.41) is 0. The summed E-state index contributed by atoms with van der Waals surface area (Å²) < 4.78 is 28.8. The van der Waals surface area contributed by atoms with Gasteiger partial charge in [0.15, 0.2) is 0 Å². The maximum atomic E-state index is 14.4. The molecule has 0 amide bonds. The summed E-state index contributed by atoms with van der Waals surface area (Å²) in [6.45, 7) is 3.92. The van der Waals surface area contributed by atoms with E-state index in [0.717, 1.165) is 11.1 Å². The van der Waals surface area contributed by atoms with Gasteiger partial charge >= 0.3 is 0 Å². The van der Waals surface area contributed by atoms with Gasteiger partial charge in [-0.2, -0.15) is 0 Å². The van der Waals surface area contributed by atoms with Crippen molar-refractivity contribution < 1.29 is 8.78 Å². The van der Waals surface area contributed by atoms with Crippen molar-refractivity contribution in [2.24, 2.45) is 0 Å². The van der Waals surface area contributed by atoms with E-state index in [2.05, 4.69) is 0 Å². The molecule has 0 spiro atoms. The monoisotopic (exact) mass is 294 g/mol. The van der Waals surface area contributed by atoms with Crippen LogP contribution in [-0.2, 0) is 0 Å². The normalized spacial score (nSPS) is 10.7. The van der Waals surface area contributed by atoms with Crippen molar-refractivity contribution in [3.8, 4) is 22.3 Å². The lowest BCUT2D eigenvalue weighted by Gasteiger charge is -2.09. The van der Waals surface area contributed by atoms with Crippen LogP contribution in [0.5, 0.6) is 0 Å². The number of aryl methyl sites for hydroxylation is 2. The van der Waals surface area contributed by atoms with Crippen LogP contribution in [0.4, 0.5) is 8.78 Å². The molecule has 3 rings (SSSR count). The SMILES string of the molecule is Cc1ccc(-c2cc(F)c(-c3ccc(C)cc3)cc2F)cc1. The number of benzene rings is 3. The highest BCUT2D eigenvalue weighted by molar-refractivity contribution is 5.72. The zero-order valence-corrected chi connectivity index (χ0v) is 12.5. The van der Waals surface area contributed by atoms with E-state index < -0.39 is 11.6 Å². The summed E-state index contributed by atoms with van der Waals surface area (Å²) in [6.07, 6.45) is 0. The molecular formula is C20H16F2. The van der Waals surface area contributed by atoms with Gasteiger partial charge in [0.2, 0.25) is 0 Å². The molecule has 0 saturated carbocycles. The summed E-state index contributed by atoms with van der Waals surface area (Å²) >= 11 is 0. The maximum Gasteiger partial charge on any atom is 0.131 e. The van der Waals surface area contributed by atoms with Gasteiger partial charge in [-0.25, -0.2) is 8.78 Å². The van der Waals surface area contributed by atoms with Crippen LogP contribution in [-0.4, -0.2) is 0 Å². The molecule has 0 fully saturated rings. The van der Waals surface area contributed by atoms with Crippen molar-refractivity contribution in [1.29, 1.82) is 0 Å². The van der Waals surface area contributed by atoms with Crippen LogP contribution < -0.4 is 0 Å². The summed E-state index contributed by atoms with van der Waals surface area (Å²) in [4.78, 5) is 0. The van der Waals surface area contributed by atoms with Gasteiger partial charge in [-0.3, -0.25) is 0 Å². The van der Waals surface area contributed by atoms with Gasteiger partial charge in [-0.15, -0.1) is 0 Å². The lowest BCUT2D eigenvalue weighted by atomic mass is 9.98. The molecule has 0 unspecified atom stereocenters. The predicted octanol–water partition coefficient (Wildman–Crippen LogP) is 5.92. The summed E-state index contributed by atoms with van der Waals surface area (Å²) in [5.41, 5.74) is 4.10. The molecule has 0 atom stereocenters. The lowest BCUT2D eigenvalue weighted by molar-refractivity contribution is 0.606. The molecule has 0 aliphatic rings. The molecule has 0 aromatic heterocycles. The Kier molecular flexibility index (Phi) is 3.76. The smallest absolute Gasteiger partial charge is 0.131 e. The van der Waals surface area contributed by atoms with E-state index in [-0.39, 0.29) is 11.1 Å². The van der Waals surface area contributed by atoms with E-state index in [0.29, 0.717) is 11.1 Å². The van der Waals surface area contributed by atoms with Crippen LogP contribution in [0.3, 0.4) is 0 Å². The van der Waals surface area contributed by atoms with Crippen LogP contribution in [0.15, 0.2) is 60.7 Å². The molecule has 2 heteroatoms. The van der Waals surface area contributed by atoms with Gasteiger partial charge in [-0.05, 0) is 37.1 Å². The highest BCUT2D eigenvalue weighted by Gasteiger charge is 2.13. The third-order valence-corrected chi connectivity index (χ3v) is 3.78. The molecule has 22 heavy (non-hydrogen) atoms. The first-order chi connectivity index (χ1) is 10.5. The van der Waals surface area contributed by atoms with Crippen molar-refractivity contribution in [2.75, 3.05) is 0 Å². The molecule has 0 N–H and O–H groups in total. The topological polar surface area (TPSA) is 0 Å². The molecule has 3 aromatic rings. The third kappa shape index (κ3) is 2.77. The van der Waals surface area contributed by atoms with E-state index >= 15 is 0 Å². The summed E-state index contributed by atoms with van der Waals surface area (Å²) in [5.74, 6) is -0.832. The fourth-order valence-corrected chi connectivity index (χ4v) is 2.46. The van der Waals surface area contributed by atoms with E-state index in [1.807, 2.05) is 38.1 Å². The zero-order valence-electron chi connectivity index (χ0n) is 12.5. The Hall–Kier alpha value is -2.48. The maximum absolute atomic E-state index is 14.4. The van der Waals surface area contributed by atoms with Gasteiger partial charge < -0.3 is 0 Å². The molecule has 0 nitrogen and oxygen atoms in total. The number of halogens is 2. The second kappa shape index (κ2) is 5.72. The number of rotatable bonds is 2. The second-order valence-corrected chi connectivity index (χ2v) is 5.54. The van der Waals surface area contributed by atoms with Crippen molar-refractivity contribution in [1.82, 2.24) is 0 Å². The molecule has 0 saturated heterocycles. The van der Waals surface area contributed by atoms with Gasteiger partial charge in [0.05, 0.1) is 0 Å². The van der Waals surface area contributed by atoms with Crippen LogP contribution in [0.25, 0.3) is 22.3 Å². The largest absolute Gasteiger partial charge is 0.206 e. The number of hydrogen-bond acceptors (Lipinski definition) is 0. The van der Waals surface area contributed by atoms with Crippen LogP contribution in [0.1, 0.15) is 11.1 Å². The van der Waals surface area contributed by atoms with Gasteiger partial charge in [0.25, 0.3) is 0 Å². The summed E-state index contributed by atoms with van der Waals surface area (Å²) in [6, 6.07) is 17.3. The van der Waals surface area contributed by atoms with Gasteiger partial charge in [0, 0.05) is 11.1 Å². The van der Waals surface area contributed by atoms with E-state index in [4.69, 9.17) is 0 Å². The fraction of sp³-hybridized carbons (Fsp3) is 0.100. The molecule has 0 aliphatic carbocycles. The van der Waals surface area contributed by atoms with Gasteiger partial charge in [-0.1, -0.05) is 59.7 Å². The van der Waals surface area contributed by atoms with Gasteiger partial charge in [0.1, 0.15) is 11.6 Å². The molecule has 0 radical (unpaired) electrons. The first-order valence-corrected chi connectivity index (χ1v) is 7.18. The third-order valence-electron chi connectivity index (χ3n) is 3.78. The Morgan fingerprint density at radius 1 is 0.545 bits per heavy atom. The van der Waals surface area contributed by atoms with Crippen molar-refractivity contribution in [3.05, 3.63) is 83.4 Å². The van der Waals surface area contributed by atoms with Crippen molar-refractivity contribution >= 4 is 0 Å². The standard InChI is InChI=1S/C20H16F2/c1-13-3-7-15(8-4-13)17-11-20(22)18(12-19(17)21)16-9-5-14(2)6-10-16/h3-12H,1-2H3. The fourth-order valence-electron chi connectivity index (χ4n) is 2.46. The van der Waals surface area contributed by atoms with Crippen LogP contribution >= 0.6 is 0 Å². The molecule has 3 aromatic carbocycles. The second-order valence-electron chi connectivity index (χ2n) is 5.54. The predicted molar refractivity (Wildman–Crippen MR) is 86.7 cm³/mol. The average molecular weight is 294 g/mol. The Bertz CT molecular complexity index is 729. The highest BCUT2D eigenvalue weighted by atomic mass is 19.1. The first kappa shape index (κ1) is 14.5. The average Bonchev–Trinajstić information content (AvgIpc) is 2.51. The molecule has 0 bridgehead atoms. The molecular weight excluding hydrogens is 278 g/mol. The summed E-state index contributed by atoms with van der Waals surface area (Å²) in [7, 11) is 0. The molecule has 110 valence electrons. The minimum absolute atomic E-state index is 0.286. The minimum atomic E-state index is -0.416. The number of hydrogen-bond donors (Lipinski definition) is 0. The minimum Gasteiger partial charge on any atom is -0.206 e. The quantitative estimate of drug-likeness (QED) is 0.550. The van der Waals surface area contributed by atoms with Crippen molar-refractivity contribution in [2.45, 2.75) is 13.8 Å². The zero-order chi connectivity index (χ0) is 15.7. The Morgan fingerprint density at radius 2 is 0.864 bits per heavy atom. The van der Waals surface area contributed by atoms with E-state index in [1.165, 1.54) is 12.1 Å². The van der Waals surface area contributed by atoms with Crippen LogP contribution in [0, 0.1) is 25.5 Å². The van der Waals surface area contributed by atoms with Crippen LogP contribution in [0.2, 0.25) is 0 Å². The highest BCUT2D eigenvalue weighted by Crippen LogP contribution is 2.31. The molecule has 0 aliphatic heterocycles. The first-order valence-electron chi connectivity index (χ1n) is 7.18. The Balaban J connectivity index is 2.08. The Morgan fingerprint density at radius 3 is 1.18 bits per heavy atom.